The van der Waals surface area contributed by atoms with Gasteiger partial charge in [-0.2, -0.15) is 5.26 Å². The molecule has 1 aliphatic rings. The summed E-state index contributed by atoms with van der Waals surface area (Å²) in [6, 6.07) is 42.7. The van der Waals surface area contributed by atoms with Gasteiger partial charge in [-0.15, -0.1) is 0 Å². The number of allylic oxidation sites excluding steroid dienone is 2. The molecule has 7 aromatic rings. The van der Waals surface area contributed by atoms with Crippen LogP contribution >= 0.6 is 0 Å². The molecule has 0 unspecified atom stereocenters. The van der Waals surface area contributed by atoms with Gasteiger partial charge in [-0.1, -0.05) is 104 Å². The quantitative estimate of drug-likeness (QED) is 0.158. The highest BCUT2D eigenvalue weighted by Crippen LogP contribution is 2.49. The van der Waals surface area contributed by atoms with Crippen molar-refractivity contribution in [2.24, 2.45) is 0 Å². The molecule has 2 nitrogen and oxygen atoms in total. The van der Waals surface area contributed by atoms with E-state index in [1.807, 2.05) is 36.4 Å². The summed E-state index contributed by atoms with van der Waals surface area (Å²) in [5, 5.41) is 16.5. The van der Waals surface area contributed by atoms with Crippen LogP contribution in [0.25, 0.3) is 71.8 Å². The van der Waals surface area contributed by atoms with E-state index < -0.39 is 0 Å². The molecule has 2 heteroatoms. The Morgan fingerprint density at radius 2 is 1.36 bits per heavy atom. The SMILES string of the molecule is C=C/C=C\c1c(C)c(-c2ccc3c(c2)-c2cccc4c(C#N)ccc(c24)O3)cc2c1cc(-c1ccccc1)c1ccccc12. The minimum atomic E-state index is 0.652. The number of rotatable bonds is 4. The zero-order valence-electron chi connectivity index (χ0n) is 24.3. The van der Waals surface area contributed by atoms with Gasteiger partial charge in [0.2, 0.25) is 0 Å². The van der Waals surface area contributed by atoms with Crippen LogP contribution in [-0.2, 0) is 0 Å². The maximum Gasteiger partial charge on any atom is 0.136 e. The van der Waals surface area contributed by atoms with Gasteiger partial charge >= 0.3 is 0 Å². The molecular formula is C42H27NO. The van der Waals surface area contributed by atoms with Crippen LogP contribution in [0.5, 0.6) is 11.5 Å². The Hall–Kier alpha value is -5.91. The number of ether oxygens (including phenoxy) is 1. The number of hydrogen-bond donors (Lipinski definition) is 0. The molecule has 1 aliphatic heterocycles. The van der Waals surface area contributed by atoms with E-state index >= 15 is 0 Å². The Labute approximate surface area is 256 Å². The van der Waals surface area contributed by atoms with Gasteiger partial charge in [-0.3, -0.25) is 0 Å². The van der Waals surface area contributed by atoms with Crippen LogP contribution in [0.4, 0.5) is 0 Å². The highest BCUT2D eigenvalue weighted by atomic mass is 16.5. The Morgan fingerprint density at radius 1 is 0.614 bits per heavy atom. The lowest BCUT2D eigenvalue weighted by atomic mass is 9.85. The van der Waals surface area contributed by atoms with Gasteiger partial charge in [-0.25, -0.2) is 0 Å². The van der Waals surface area contributed by atoms with E-state index in [1.165, 1.54) is 49.4 Å². The van der Waals surface area contributed by atoms with Crippen molar-refractivity contribution in [3.63, 3.8) is 0 Å². The summed E-state index contributed by atoms with van der Waals surface area (Å²) < 4.78 is 6.40. The Kier molecular flexibility index (Phi) is 5.93. The van der Waals surface area contributed by atoms with E-state index in [0.717, 1.165) is 39.0 Å². The van der Waals surface area contributed by atoms with Gasteiger partial charge < -0.3 is 4.74 Å². The van der Waals surface area contributed by atoms with E-state index in [1.54, 1.807) is 0 Å². The zero-order chi connectivity index (χ0) is 29.8. The van der Waals surface area contributed by atoms with E-state index in [9.17, 15) is 5.26 Å². The van der Waals surface area contributed by atoms with Gasteiger partial charge in [0.05, 0.1) is 11.6 Å². The summed E-state index contributed by atoms with van der Waals surface area (Å²) in [5.74, 6) is 1.61. The minimum absolute atomic E-state index is 0.652. The van der Waals surface area contributed by atoms with E-state index in [2.05, 4.69) is 117 Å². The summed E-state index contributed by atoms with van der Waals surface area (Å²) in [5.41, 5.74) is 9.87. The normalized spacial score (nSPS) is 11.9. The first-order valence-corrected chi connectivity index (χ1v) is 14.8. The number of nitrogens with zero attached hydrogens (tertiary/aromatic N) is 1. The zero-order valence-corrected chi connectivity index (χ0v) is 24.3. The van der Waals surface area contributed by atoms with E-state index in [0.29, 0.717) is 5.56 Å². The van der Waals surface area contributed by atoms with Crippen LogP contribution in [-0.4, -0.2) is 0 Å². The molecule has 0 atom stereocenters. The molecule has 0 radical (unpaired) electrons. The molecule has 8 rings (SSSR count). The molecule has 0 spiro atoms. The molecular weight excluding hydrogens is 534 g/mol. The second kappa shape index (κ2) is 10.1. The third-order valence-electron chi connectivity index (χ3n) is 8.88. The number of benzene rings is 7. The predicted molar refractivity (Wildman–Crippen MR) is 184 cm³/mol. The van der Waals surface area contributed by atoms with Crippen LogP contribution in [0.1, 0.15) is 16.7 Å². The molecule has 0 fully saturated rings. The van der Waals surface area contributed by atoms with Crippen molar-refractivity contribution in [2.45, 2.75) is 6.92 Å². The average molecular weight is 562 g/mol. The molecule has 0 saturated carbocycles. The third kappa shape index (κ3) is 3.87. The summed E-state index contributed by atoms with van der Waals surface area (Å²) >= 11 is 0. The van der Waals surface area contributed by atoms with Gasteiger partial charge in [0.1, 0.15) is 11.5 Å². The molecule has 0 aromatic heterocycles. The predicted octanol–water partition coefficient (Wildman–Crippen LogP) is 11.6. The van der Waals surface area contributed by atoms with Crippen LogP contribution in [0.2, 0.25) is 0 Å². The maximum atomic E-state index is 9.76. The van der Waals surface area contributed by atoms with Crippen LogP contribution in [0, 0.1) is 18.3 Å². The third-order valence-corrected chi connectivity index (χ3v) is 8.88. The summed E-state index contributed by atoms with van der Waals surface area (Å²) in [6.07, 6.45) is 6.04. The van der Waals surface area contributed by atoms with Crippen molar-refractivity contribution in [2.75, 3.05) is 0 Å². The fourth-order valence-corrected chi connectivity index (χ4v) is 6.81. The van der Waals surface area contributed by atoms with Crippen LogP contribution in [0.3, 0.4) is 0 Å². The number of nitriles is 1. The molecule has 206 valence electrons. The van der Waals surface area contributed by atoms with Crippen molar-refractivity contribution in [3.05, 3.63) is 151 Å². The van der Waals surface area contributed by atoms with Crippen molar-refractivity contribution < 1.29 is 4.74 Å². The molecule has 0 N–H and O–H groups in total. The summed E-state index contributed by atoms with van der Waals surface area (Å²) in [4.78, 5) is 0. The fourth-order valence-electron chi connectivity index (χ4n) is 6.81. The average Bonchev–Trinajstić information content (AvgIpc) is 3.08. The second-order valence-corrected chi connectivity index (χ2v) is 11.3. The summed E-state index contributed by atoms with van der Waals surface area (Å²) in [6.45, 7) is 6.17. The molecule has 0 saturated heterocycles. The lowest BCUT2D eigenvalue weighted by Crippen LogP contribution is -1.99. The molecule has 44 heavy (non-hydrogen) atoms. The summed E-state index contributed by atoms with van der Waals surface area (Å²) in [7, 11) is 0. The largest absolute Gasteiger partial charge is 0.456 e. The first-order chi connectivity index (χ1) is 21.7. The van der Waals surface area contributed by atoms with Crippen LogP contribution in [0.15, 0.2) is 134 Å². The highest BCUT2D eigenvalue weighted by Gasteiger charge is 2.23. The standard InChI is InChI=1S/C42H27NO/c1-3-4-13-30-26(2)35(23-38-33-15-9-8-14-32(33)36(24-37(30)38)27-11-6-5-7-12-27)28-18-20-40-39(22-28)34-17-10-16-31-29(25-43)19-21-41(44-40)42(31)34/h3-24H,1H2,2H3/b13-4-. The fraction of sp³-hybridized carbons (Fsp3) is 0.0238. The van der Waals surface area contributed by atoms with Crippen molar-refractivity contribution in [1.82, 2.24) is 0 Å². The van der Waals surface area contributed by atoms with Gasteiger partial charge in [-0.05, 0) is 104 Å². The molecule has 0 bridgehead atoms. The highest BCUT2D eigenvalue weighted by molar-refractivity contribution is 6.17. The maximum absolute atomic E-state index is 9.76. The Morgan fingerprint density at radius 3 is 2.18 bits per heavy atom. The lowest BCUT2D eigenvalue weighted by molar-refractivity contribution is 0.487. The topological polar surface area (TPSA) is 33.0 Å². The molecule has 1 heterocycles. The van der Waals surface area contributed by atoms with Gasteiger partial charge in [0.15, 0.2) is 0 Å². The molecule has 0 aliphatic carbocycles. The van der Waals surface area contributed by atoms with Crippen molar-refractivity contribution >= 4 is 38.4 Å². The first kappa shape index (κ1) is 25.8. The smallest absolute Gasteiger partial charge is 0.136 e. The van der Waals surface area contributed by atoms with Crippen molar-refractivity contribution in [3.8, 4) is 50.9 Å². The Bertz CT molecular complexity index is 2390. The van der Waals surface area contributed by atoms with E-state index in [4.69, 9.17) is 4.74 Å². The van der Waals surface area contributed by atoms with E-state index in [-0.39, 0.29) is 0 Å². The minimum Gasteiger partial charge on any atom is -0.456 e. The molecule has 7 aromatic carbocycles. The van der Waals surface area contributed by atoms with Gasteiger partial charge in [0.25, 0.3) is 0 Å². The van der Waals surface area contributed by atoms with Gasteiger partial charge in [0, 0.05) is 16.3 Å². The monoisotopic (exact) mass is 561 g/mol. The second-order valence-electron chi connectivity index (χ2n) is 11.3. The van der Waals surface area contributed by atoms with Crippen molar-refractivity contribution in [1.29, 1.82) is 5.26 Å². The first-order valence-electron chi connectivity index (χ1n) is 14.8. The number of fused-ring (bicyclic) bond motifs is 5. The number of hydrogen-bond acceptors (Lipinski definition) is 2. The van der Waals surface area contributed by atoms with Crippen LogP contribution < -0.4 is 4.74 Å². The lowest BCUT2D eigenvalue weighted by Gasteiger charge is -2.23. The molecule has 0 amide bonds. The Balaban J connectivity index is 1.41.